The average molecular weight is 291 g/mol. The number of hydrogen-bond acceptors (Lipinski definition) is 3. The van der Waals surface area contributed by atoms with E-state index in [1.807, 2.05) is 6.07 Å². The molecule has 0 unspecified atom stereocenters. The molecule has 0 radical (unpaired) electrons. The van der Waals surface area contributed by atoms with Crippen molar-refractivity contribution in [3.05, 3.63) is 17.5 Å². The van der Waals surface area contributed by atoms with Crippen molar-refractivity contribution in [3.63, 3.8) is 0 Å². The van der Waals surface area contributed by atoms with Gasteiger partial charge in [-0.05, 0) is 38.2 Å². The van der Waals surface area contributed by atoms with Gasteiger partial charge in [-0.15, -0.1) is 0 Å². The minimum Gasteiger partial charge on any atom is -0.378 e. The maximum Gasteiger partial charge on any atom is 0.271 e. The lowest BCUT2D eigenvalue weighted by Crippen LogP contribution is -2.26. The number of hydrogen-bond donors (Lipinski definition) is 2. The van der Waals surface area contributed by atoms with Crippen LogP contribution in [0.1, 0.15) is 73.5 Å². The summed E-state index contributed by atoms with van der Waals surface area (Å²) in [5.41, 5.74) is 1.60. The van der Waals surface area contributed by atoms with E-state index in [2.05, 4.69) is 15.5 Å². The van der Waals surface area contributed by atoms with Crippen LogP contribution in [-0.4, -0.2) is 35.4 Å². The maximum atomic E-state index is 11.9. The van der Waals surface area contributed by atoms with Crippen molar-refractivity contribution in [3.8, 4) is 0 Å². The van der Waals surface area contributed by atoms with Gasteiger partial charge < -0.3 is 10.1 Å². The number of H-pyrrole nitrogens is 1. The minimum atomic E-state index is -0.0872. The van der Waals surface area contributed by atoms with E-state index in [9.17, 15) is 4.79 Å². The van der Waals surface area contributed by atoms with Gasteiger partial charge in [0.05, 0.1) is 6.10 Å². The Labute approximate surface area is 125 Å². The second-order valence-electron chi connectivity index (χ2n) is 6.22. The number of carbonyl (C=O) groups is 1. The van der Waals surface area contributed by atoms with Gasteiger partial charge in [-0.2, -0.15) is 5.10 Å². The molecule has 1 aromatic heterocycles. The topological polar surface area (TPSA) is 67.0 Å². The molecule has 2 aliphatic rings. The quantitative estimate of drug-likeness (QED) is 0.759. The Balaban J connectivity index is 1.30. The van der Waals surface area contributed by atoms with Crippen LogP contribution in [0.2, 0.25) is 0 Å². The van der Waals surface area contributed by atoms with Gasteiger partial charge in [0, 0.05) is 24.8 Å². The molecule has 2 fully saturated rings. The van der Waals surface area contributed by atoms with E-state index < -0.39 is 0 Å². The van der Waals surface area contributed by atoms with Gasteiger partial charge >= 0.3 is 0 Å². The molecule has 3 rings (SSSR count). The molecule has 116 valence electrons. The van der Waals surface area contributed by atoms with Crippen molar-refractivity contribution in [2.75, 3.05) is 13.2 Å². The van der Waals surface area contributed by atoms with E-state index in [1.54, 1.807) is 0 Å². The van der Waals surface area contributed by atoms with E-state index in [1.165, 1.54) is 44.9 Å². The fraction of sp³-hybridized carbons (Fsp3) is 0.750. The predicted octanol–water partition coefficient (Wildman–Crippen LogP) is 2.76. The Morgan fingerprint density at radius 1 is 1.29 bits per heavy atom. The van der Waals surface area contributed by atoms with Crippen molar-refractivity contribution >= 4 is 5.91 Å². The van der Waals surface area contributed by atoms with Gasteiger partial charge in [-0.1, -0.05) is 19.3 Å². The molecule has 0 bridgehead atoms. The molecule has 5 nitrogen and oxygen atoms in total. The van der Waals surface area contributed by atoms with Crippen molar-refractivity contribution in [1.82, 2.24) is 15.5 Å². The molecule has 1 amide bonds. The highest BCUT2D eigenvalue weighted by Crippen LogP contribution is 2.38. The molecule has 0 aliphatic heterocycles. The Kier molecular flexibility index (Phi) is 4.91. The van der Waals surface area contributed by atoms with E-state index in [0.717, 1.165) is 18.7 Å². The highest BCUT2D eigenvalue weighted by molar-refractivity contribution is 5.92. The summed E-state index contributed by atoms with van der Waals surface area (Å²) in [6.07, 6.45) is 10.1. The van der Waals surface area contributed by atoms with Gasteiger partial charge in [0.1, 0.15) is 5.69 Å². The summed E-state index contributed by atoms with van der Waals surface area (Å²) >= 11 is 0. The van der Waals surface area contributed by atoms with E-state index in [0.29, 0.717) is 24.3 Å². The van der Waals surface area contributed by atoms with Crippen LogP contribution in [0.15, 0.2) is 6.07 Å². The van der Waals surface area contributed by atoms with Crippen molar-refractivity contribution in [2.24, 2.45) is 0 Å². The van der Waals surface area contributed by atoms with Gasteiger partial charge in [0.15, 0.2) is 0 Å². The SMILES string of the molecule is O=C(NCCCOC1CCCCC1)c1cc(C2CC2)[nH]n1. The number of aromatic amines is 1. The standard InChI is InChI=1S/C16H25N3O2/c20-16(15-11-14(18-19-15)12-7-8-12)17-9-4-10-21-13-5-2-1-3-6-13/h11-13H,1-10H2,(H,17,20)(H,18,19). The van der Waals surface area contributed by atoms with Crippen molar-refractivity contribution in [2.45, 2.75) is 63.4 Å². The van der Waals surface area contributed by atoms with Crippen LogP contribution in [0, 0.1) is 0 Å². The second kappa shape index (κ2) is 7.07. The van der Waals surface area contributed by atoms with Gasteiger partial charge in [-0.3, -0.25) is 9.89 Å². The zero-order chi connectivity index (χ0) is 14.5. The molecule has 0 atom stereocenters. The molecule has 2 saturated carbocycles. The lowest BCUT2D eigenvalue weighted by molar-refractivity contribution is 0.0273. The summed E-state index contributed by atoms with van der Waals surface area (Å²) < 4.78 is 5.84. The van der Waals surface area contributed by atoms with Gasteiger partial charge in [0.2, 0.25) is 0 Å². The molecule has 21 heavy (non-hydrogen) atoms. The number of ether oxygens (including phenoxy) is 1. The molecule has 1 heterocycles. The smallest absolute Gasteiger partial charge is 0.271 e. The monoisotopic (exact) mass is 291 g/mol. The second-order valence-corrected chi connectivity index (χ2v) is 6.22. The molecule has 0 saturated heterocycles. The number of rotatable bonds is 7. The average Bonchev–Trinajstić information content (AvgIpc) is 3.25. The van der Waals surface area contributed by atoms with Crippen LogP contribution in [0.25, 0.3) is 0 Å². The lowest BCUT2D eigenvalue weighted by atomic mass is 9.98. The Morgan fingerprint density at radius 2 is 2.10 bits per heavy atom. The van der Waals surface area contributed by atoms with Gasteiger partial charge in [0.25, 0.3) is 5.91 Å². The summed E-state index contributed by atoms with van der Waals surface area (Å²) in [6, 6.07) is 1.88. The van der Waals surface area contributed by atoms with Crippen LogP contribution in [0.4, 0.5) is 0 Å². The molecule has 0 aromatic carbocycles. The lowest BCUT2D eigenvalue weighted by Gasteiger charge is -2.21. The first-order valence-corrected chi connectivity index (χ1v) is 8.28. The minimum absolute atomic E-state index is 0.0872. The first-order chi connectivity index (χ1) is 10.3. The van der Waals surface area contributed by atoms with Crippen LogP contribution in [-0.2, 0) is 4.74 Å². The summed E-state index contributed by atoms with van der Waals surface area (Å²) in [5.74, 6) is 0.513. The Bertz CT molecular complexity index is 462. The number of nitrogens with zero attached hydrogens (tertiary/aromatic N) is 1. The van der Waals surface area contributed by atoms with E-state index in [-0.39, 0.29) is 5.91 Å². The molecule has 0 spiro atoms. The zero-order valence-electron chi connectivity index (χ0n) is 12.6. The van der Waals surface area contributed by atoms with Gasteiger partial charge in [-0.25, -0.2) is 0 Å². The zero-order valence-corrected chi connectivity index (χ0v) is 12.6. The summed E-state index contributed by atoms with van der Waals surface area (Å²) in [7, 11) is 0. The van der Waals surface area contributed by atoms with E-state index >= 15 is 0 Å². The highest BCUT2D eigenvalue weighted by Gasteiger charge is 2.26. The first-order valence-electron chi connectivity index (χ1n) is 8.28. The summed E-state index contributed by atoms with van der Waals surface area (Å²) in [4.78, 5) is 11.9. The third-order valence-corrected chi connectivity index (χ3v) is 4.36. The number of nitrogens with one attached hydrogen (secondary N) is 2. The van der Waals surface area contributed by atoms with Crippen LogP contribution in [0.5, 0.6) is 0 Å². The molecule has 2 N–H and O–H groups in total. The molecular formula is C16H25N3O2. The Morgan fingerprint density at radius 3 is 2.86 bits per heavy atom. The molecule has 1 aromatic rings. The number of carbonyl (C=O) groups excluding carboxylic acids is 1. The van der Waals surface area contributed by atoms with Crippen molar-refractivity contribution in [1.29, 1.82) is 0 Å². The predicted molar refractivity (Wildman–Crippen MR) is 80.3 cm³/mol. The number of amides is 1. The van der Waals surface area contributed by atoms with Crippen molar-refractivity contribution < 1.29 is 9.53 Å². The Hall–Kier alpha value is -1.36. The van der Waals surface area contributed by atoms with E-state index in [4.69, 9.17) is 4.74 Å². The first kappa shape index (κ1) is 14.6. The molecule has 2 aliphatic carbocycles. The summed E-state index contributed by atoms with van der Waals surface area (Å²) in [6.45, 7) is 1.38. The van der Waals surface area contributed by atoms with Crippen LogP contribution in [0.3, 0.4) is 0 Å². The third-order valence-electron chi connectivity index (χ3n) is 4.36. The molecule has 5 heteroatoms. The number of aromatic nitrogens is 2. The largest absolute Gasteiger partial charge is 0.378 e. The normalized spacial score (nSPS) is 19.6. The summed E-state index contributed by atoms with van der Waals surface area (Å²) in [5, 5.41) is 9.95. The maximum absolute atomic E-state index is 11.9. The third kappa shape index (κ3) is 4.30. The fourth-order valence-electron chi connectivity index (χ4n) is 2.90. The highest BCUT2D eigenvalue weighted by atomic mass is 16.5. The molecular weight excluding hydrogens is 266 g/mol. The van der Waals surface area contributed by atoms with Crippen LogP contribution >= 0.6 is 0 Å². The van der Waals surface area contributed by atoms with Crippen LogP contribution < -0.4 is 5.32 Å². The fourth-order valence-corrected chi connectivity index (χ4v) is 2.90.